The highest BCUT2D eigenvalue weighted by molar-refractivity contribution is 7.15. The van der Waals surface area contributed by atoms with E-state index in [0.29, 0.717) is 22.1 Å². The maximum absolute atomic E-state index is 12.6. The van der Waals surface area contributed by atoms with Crippen LogP contribution in [0.3, 0.4) is 0 Å². The van der Waals surface area contributed by atoms with Gasteiger partial charge in [-0.3, -0.25) is 4.79 Å². The molecule has 0 saturated heterocycles. The zero-order valence-electron chi connectivity index (χ0n) is 17.5. The maximum atomic E-state index is 12.6. The van der Waals surface area contributed by atoms with Crippen molar-refractivity contribution in [2.24, 2.45) is 0 Å². The smallest absolute Gasteiger partial charge is 0.341 e. The van der Waals surface area contributed by atoms with E-state index in [-0.39, 0.29) is 12.5 Å². The van der Waals surface area contributed by atoms with E-state index >= 15 is 0 Å². The molecule has 0 fully saturated rings. The molecule has 3 aromatic rings. The Hall–Kier alpha value is -3.58. The predicted molar refractivity (Wildman–Crippen MR) is 123 cm³/mol. The van der Waals surface area contributed by atoms with Crippen LogP contribution in [0, 0.1) is 0 Å². The number of nitrogens with one attached hydrogen (secondary N) is 1. The van der Waals surface area contributed by atoms with Crippen molar-refractivity contribution in [2.75, 3.05) is 26.1 Å². The molecule has 1 amide bonds. The molecule has 0 radical (unpaired) electrons. The van der Waals surface area contributed by atoms with Gasteiger partial charge < -0.3 is 19.5 Å². The lowest BCUT2D eigenvalue weighted by atomic mass is 10.0. The summed E-state index contributed by atoms with van der Waals surface area (Å²) in [7, 11) is 3.12. The Kier molecular flexibility index (Phi) is 7.45. The van der Waals surface area contributed by atoms with Crippen molar-refractivity contribution < 1.29 is 23.8 Å². The lowest BCUT2D eigenvalue weighted by Crippen LogP contribution is -2.12. The Morgan fingerprint density at radius 2 is 1.84 bits per heavy atom. The van der Waals surface area contributed by atoms with E-state index in [1.807, 2.05) is 35.7 Å². The summed E-state index contributed by atoms with van der Waals surface area (Å²) < 4.78 is 15.8. The third-order valence-corrected chi connectivity index (χ3v) is 5.34. The number of esters is 1. The SMILES string of the molecule is CCOC(=O)c1c(-c2ccccc2)csc1NC(=O)C=Cc1ccc(OC)cc1OC. The molecule has 3 rings (SSSR count). The molecule has 31 heavy (non-hydrogen) atoms. The van der Waals surface area contributed by atoms with Gasteiger partial charge in [-0.2, -0.15) is 0 Å². The molecule has 0 bridgehead atoms. The summed E-state index contributed by atoms with van der Waals surface area (Å²) in [4.78, 5) is 25.2. The topological polar surface area (TPSA) is 73.9 Å². The molecule has 0 aliphatic carbocycles. The second-order valence-electron chi connectivity index (χ2n) is 6.37. The first-order valence-electron chi connectivity index (χ1n) is 9.62. The first-order valence-corrected chi connectivity index (χ1v) is 10.5. The quantitative estimate of drug-likeness (QED) is 0.384. The Labute approximate surface area is 185 Å². The van der Waals surface area contributed by atoms with Crippen LogP contribution < -0.4 is 14.8 Å². The summed E-state index contributed by atoms with van der Waals surface area (Å²) in [5, 5.41) is 5.08. The van der Waals surface area contributed by atoms with Gasteiger partial charge in [-0.25, -0.2) is 4.79 Å². The number of amides is 1. The number of ether oxygens (including phenoxy) is 3. The molecule has 0 unspecified atom stereocenters. The number of benzene rings is 2. The first kappa shape index (κ1) is 22.1. The molecule has 6 nitrogen and oxygen atoms in total. The molecular weight excluding hydrogens is 414 g/mol. The maximum Gasteiger partial charge on any atom is 0.341 e. The number of carbonyl (C=O) groups is 2. The highest BCUT2D eigenvalue weighted by Gasteiger charge is 2.22. The van der Waals surface area contributed by atoms with Crippen LogP contribution >= 0.6 is 11.3 Å². The highest BCUT2D eigenvalue weighted by Crippen LogP contribution is 2.36. The Bertz CT molecular complexity index is 1090. The van der Waals surface area contributed by atoms with Crippen molar-refractivity contribution in [3.05, 3.63) is 71.1 Å². The fraction of sp³-hybridized carbons (Fsp3) is 0.167. The van der Waals surface area contributed by atoms with E-state index < -0.39 is 5.97 Å². The van der Waals surface area contributed by atoms with Crippen LogP contribution in [0.1, 0.15) is 22.8 Å². The minimum Gasteiger partial charge on any atom is -0.497 e. The summed E-state index contributed by atoms with van der Waals surface area (Å²) in [6.45, 7) is 1.99. The Morgan fingerprint density at radius 3 is 2.52 bits per heavy atom. The molecule has 0 saturated carbocycles. The van der Waals surface area contributed by atoms with Gasteiger partial charge in [0.2, 0.25) is 5.91 Å². The summed E-state index contributed by atoms with van der Waals surface area (Å²) in [6.07, 6.45) is 3.03. The van der Waals surface area contributed by atoms with E-state index in [1.165, 1.54) is 17.4 Å². The van der Waals surface area contributed by atoms with Crippen LogP contribution in [0.4, 0.5) is 5.00 Å². The van der Waals surface area contributed by atoms with Crippen LogP contribution in [0.15, 0.2) is 60.0 Å². The van der Waals surface area contributed by atoms with Gasteiger partial charge in [-0.1, -0.05) is 30.3 Å². The van der Waals surface area contributed by atoms with Gasteiger partial charge in [0, 0.05) is 28.6 Å². The summed E-state index contributed by atoms with van der Waals surface area (Å²) in [5.41, 5.74) is 2.67. The molecule has 0 aliphatic rings. The van der Waals surface area contributed by atoms with Gasteiger partial charge in [0.1, 0.15) is 22.1 Å². The molecule has 0 aliphatic heterocycles. The summed E-state index contributed by atoms with van der Waals surface area (Å²) >= 11 is 1.28. The van der Waals surface area contributed by atoms with E-state index in [4.69, 9.17) is 14.2 Å². The van der Waals surface area contributed by atoms with Crippen molar-refractivity contribution in [3.8, 4) is 22.6 Å². The van der Waals surface area contributed by atoms with Crippen molar-refractivity contribution in [2.45, 2.75) is 6.92 Å². The zero-order valence-corrected chi connectivity index (χ0v) is 18.3. The van der Waals surface area contributed by atoms with Gasteiger partial charge in [0.25, 0.3) is 0 Å². The number of carbonyl (C=O) groups excluding carboxylic acids is 2. The molecule has 7 heteroatoms. The van der Waals surface area contributed by atoms with Gasteiger partial charge in [-0.05, 0) is 30.7 Å². The molecule has 1 heterocycles. The highest BCUT2D eigenvalue weighted by atomic mass is 32.1. The summed E-state index contributed by atoms with van der Waals surface area (Å²) in [6, 6.07) is 14.8. The van der Waals surface area contributed by atoms with Crippen LogP contribution in [0.5, 0.6) is 11.5 Å². The van der Waals surface area contributed by atoms with Crippen LogP contribution in [-0.2, 0) is 9.53 Å². The van der Waals surface area contributed by atoms with Crippen molar-refractivity contribution in [1.29, 1.82) is 0 Å². The average molecular weight is 438 g/mol. The van der Waals surface area contributed by atoms with Gasteiger partial charge >= 0.3 is 5.97 Å². The van der Waals surface area contributed by atoms with Gasteiger partial charge in [0.05, 0.1) is 20.8 Å². The minimum absolute atomic E-state index is 0.244. The number of hydrogen-bond donors (Lipinski definition) is 1. The molecule has 2 aromatic carbocycles. The average Bonchev–Trinajstić information content (AvgIpc) is 3.21. The van der Waals surface area contributed by atoms with Crippen molar-refractivity contribution in [3.63, 3.8) is 0 Å². The van der Waals surface area contributed by atoms with E-state index in [9.17, 15) is 9.59 Å². The largest absolute Gasteiger partial charge is 0.497 e. The summed E-state index contributed by atoms with van der Waals surface area (Å²) in [5.74, 6) is 0.395. The standard InChI is InChI=1S/C24H23NO5S/c1-4-30-24(27)22-19(16-8-6-5-7-9-16)15-31-23(22)25-21(26)13-11-17-10-12-18(28-2)14-20(17)29-3/h5-15H,4H2,1-3H3,(H,25,26). The Morgan fingerprint density at radius 1 is 1.06 bits per heavy atom. The van der Waals surface area contributed by atoms with Crippen LogP contribution in [0.2, 0.25) is 0 Å². The molecule has 1 N–H and O–H groups in total. The van der Waals surface area contributed by atoms with Crippen LogP contribution in [-0.4, -0.2) is 32.7 Å². The number of thiophene rings is 1. The lowest BCUT2D eigenvalue weighted by Gasteiger charge is -2.08. The second-order valence-corrected chi connectivity index (χ2v) is 7.25. The van der Waals surface area contributed by atoms with Crippen molar-refractivity contribution in [1.82, 2.24) is 0 Å². The van der Waals surface area contributed by atoms with E-state index in [2.05, 4.69) is 5.32 Å². The molecular formula is C24H23NO5S. The number of rotatable bonds is 8. The fourth-order valence-electron chi connectivity index (χ4n) is 2.96. The Balaban J connectivity index is 1.85. The third kappa shape index (κ3) is 5.32. The van der Waals surface area contributed by atoms with Gasteiger partial charge in [0.15, 0.2) is 0 Å². The monoisotopic (exact) mass is 437 g/mol. The minimum atomic E-state index is -0.473. The van der Waals surface area contributed by atoms with Crippen molar-refractivity contribution >= 4 is 34.3 Å². The molecule has 1 aromatic heterocycles. The van der Waals surface area contributed by atoms with E-state index in [0.717, 1.165) is 16.7 Å². The molecule has 0 spiro atoms. The second kappa shape index (κ2) is 10.4. The van der Waals surface area contributed by atoms with E-state index in [1.54, 1.807) is 45.4 Å². The third-order valence-electron chi connectivity index (χ3n) is 4.45. The number of hydrogen-bond acceptors (Lipinski definition) is 6. The van der Waals surface area contributed by atoms with Gasteiger partial charge in [-0.15, -0.1) is 11.3 Å². The zero-order chi connectivity index (χ0) is 22.2. The molecule has 0 atom stereocenters. The fourth-order valence-corrected chi connectivity index (χ4v) is 3.92. The normalized spacial score (nSPS) is 10.7. The van der Waals surface area contributed by atoms with Crippen LogP contribution in [0.25, 0.3) is 17.2 Å². The number of anilines is 1. The molecule has 160 valence electrons. The predicted octanol–water partition coefficient (Wildman–Crippen LogP) is 5.26. The number of methoxy groups -OCH3 is 2. The first-order chi connectivity index (χ1) is 15.1. The lowest BCUT2D eigenvalue weighted by molar-refractivity contribution is -0.111.